The van der Waals surface area contributed by atoms with E-state index in [-0.39, 0.29) is 38.8 Å². The average Bonchev–Trinajstić information content (AvgIpc) is 2.95. The van der Waals surface area contributed by atoms with Crippen LogP contribution in [0.3, 0.4) is 0 Å². The normalized spacial score (nSPS) is 11.1. The molecule has 0 bridgehead atoms. The van der Waals surface area contributed by atoms with Gasteiger partial charge in [0.2, 0.25) is 0 Å². The minimum absolute atomic E-state index is 0.0217. The van der Waals surface area contributed by atoms with E-state index in [4.69, 9.17) is 70.8 Å². The Morgan fingerprint density at radius 2 is 1.14 bits per heavy atom. The van der Waals surface area contributed by atoms with E-state index < -0.39 is 30.5 Å². The molecule has 0 unspecified atom stereocenters. The van der Waals surface area contributed by atoms with Crippen molar-refractivity contribution in [3.05, 3.63) is 104 Å². The van der Waals surface area contributed by atoms with Gasteiger partial charge < -0.3 is 29.7 Å². The molecule has 0 heterocycles. The second kappa shape index (κ2) is 19.0. The molecule has 0 aliphatic rings. The van der Waals surface area contributed by atoms with Crippen molar-refractivity contribution in [1.82, 2.24) is 5.32 Å². The van der Waals surface area contributed by atoms with Gasteiger partial charge in [-0.1, -0.05) is 88.9 Å². The van der Waals surface area contributed by atoms with Crippen LogP contribution in [0.15, 0.2) is 66.7 Å². The van der Waals surface area contributed by atoms with Crippen LogP contribution in [0, 0.1) is 0 Å². The van der Waals surface area contributed by atoms with Crippen LogP contribution in [0.1, 0.15) is 23.1 Å². The van der Waals surface area contributed by atoms with Gasteiger partial charge in [-0.25, -0.2) is 9.59 Å². The Kier molecular flexibility index (Phi) is 15.8. The third kappa shape index (κ3) is 13.6. The van der Waals surface area contributed by atoms with Crippen LogP contribution in [0.5, 0.6) is 0 Å². The summed E-state index contributed by atoms with van der Waals surface area (Å²) < 4.78 is 15.5. The number of carbonyl (C=O) groups excluding carboxylic acids is 2. The summed E-state index contributed by atoms with van der Waals surface area (Å²) >= 11 is 24.1. The van der Waals surface area contributed by atoms with Crippen molar-refractivity contribution in [2.24, 2.45) is 0 Å². The number of nitrogens with one attached hydrogen (secondary N) is 1. The molecule has 0 spiro atoms. The van der Waals surface area contributed by atoms with Crippen molar-refractivity contribution in [2.45, 2.75) is 32.3 Å². The number of carboxylic acids is 2. The van der Waals surface area contributed by atoms with Gasteiger partial charge in [-0.05, 0) is 29.8 Å². The Bertz CT molecular complexity index is 1290. The summed E-state index contributed by atoms with van der Waals surface area (Å²) in [7, 11) is 0. The number of ether oxygens (including phenoxy) is 3. The molecule has 3 aromatic carbocycles. The van der Waals surface area contributed by atoms with Crippen molar-refractivity contribution in [1.29, 1.82) is 0 Å². The Hall–Kier alpha value is -3.38. The number of Topliss-reactive ketones (excluding diaryl/α,β-unsaturated/α-hetero) is 1. The first-order valence-corrected chi connectivity index (χ1v) is 13.9. The molecule has 0 fully saturated rings. The topological polar surface area (TPSA) is 148 Å². The lowest BCUT2D eigenvalue weighted by atomic mass is 10.2. The molecule has 0 saturated heterocycles. The predicted octanol–water partition coefficient (Wildman–Crippen LogP) is 6.44. The standard InChI is InChI=1S/C17H14Cl4O3.C12H13NO6/c18-14-3-1-4-15(19)12(14)9-23-7-11(22)8-24-10-13-16(20)5-2-6-17(13)21;14-10(15)6-9(11(16)17)13-12(18)19-7-8-4-2-1-3-5-8/h1-6H,7-10H2;1-5,9H,6-7H2,(H,13,18)(H,14,15)(H,16,17)/t;9-/m.0/s1. The van der Waals surface area contributed by atoms with Gasteiger partial charge in [0, 0.05) is 31.2 Å². The minimum Gasteiger partial charge on any atom is -0.481 e. The summed E-state index contributed by atoms with van der Waals surface area (Å²) in [6.07, 6.45) is -1.69. The highest BCUT2D eigenvalue weighted by Crippen LogP contribution is 2.26. The second-order valence-electron chi connectivity index (χ2n) is 8.62. The molecule has 14 heteroatoms. The third-order valence-corrected chi connectivity index (χ3v) is 6.74. The molecule has 0 saturated carbocycles. The largest absolute Gasteiger partial charge is 0.481 e. The Morgan fingerprint density at radius 1 is 0.674 bits per heavy atom. The lowest BCUT2D eigenvalue weighted by Gasteiger charge is -2.12. The van der Waals surface area contributed by atoms with Gasteiger partial charge >= 0.3 is 18.0 Å². The van der Waals surface area contributed by atoms with Crippen molar-refractivity contribution >= 4 is 70.2 Å². The number of halogens is 4. The fraction of sp³-hybridized carbons (Fsp3) is 0.241. The van der Waals surface area contributed by atoms with Gasteiger partial charge in [0.05, 0.1) is 19.6 Å². The molecule has 1 amide bonds. The zero-order valence-electron chi connectivity index (χ0n) is 22.4. The number of carbonyl (C=O) groups is 4. The number of hydrogen-bond acceptors (Lipinski definition) is 7. The van der Waals surface area contributed by atoms with Crippen LogP contribution in [0.25, 0.3) is 0 Å². The molecule has 43 heavy (non-hydrogen) atoms. The van der Waals surface area contributed by atoms with Crippen molar-refractivity contribution in [2.75, 3.05) is 13.2 Å². The van der Waals surface area contributed by atoms with Gasteiger partial charge in [-0.3, -0.25) is 9.59 Å². The molecular weight excluding hydrogens is 648 g/mol. The van der Waals surface area contributed by atoms with Crippen molar-refractivity contribution in [3.63, 3.8) is 0 Å². The molecule has 10 nitrogen and oxygen atoms in total. The molecule has 0 aliphatic carbocycles. The third-order valence-electron chi connectivity index (χ3n) is 5.32. The van der Waals surface area contributed by atoms with E-state index in [1.807, 2.05) is 5.32 Å². The van der Waals surface area contributed by atoms with Crippen molar-refractivity contribution in [3.8, 4) is 0 Å². The predicted molar refractivity (Wildman–Crippen MR) is 161 cm³/mol. The maximum absolute atomic E-state index is 11.8. The van der Waals surface area contributed by atoms with E-state index in [0.29, 0.717) is 31.2 Å². The number of hydrogen-bond donors (Lipinski definition) is 3. The molecule has 0 aromatic heterocycles. The maximum atomic E-state index is 11.8. The number of alkyl carbamates (subject to hydrolysis) is 1. The smallest absolute Gasteiger partial charge is 0.408 e. The highest BCUT2D eigenvalue weighted by molar-refractivity contribution is 6.36. The summed E-state index contributed by atoms with van der Waals surface area (Å²) in [4.78, 5) is 44.2. The van der Waals surface area contributed by atoms with Gasteiger partial charge in [-0.15, -0.1) is 0 Å². The number of carboxylic acid groups (broad SMARTS) is 2. The zero-order valence-corrected chi connectivity index (χ0v) is 25.5. The van der Waals surface area contributed by atoms with Gasteiger partial charge in [0.1, 0.15) is 25.9 Å². The molecule has 0 aliphatic heterocycles. The van der Waals surface area contributed by atoms with E-state index in [0.717, 1.165) is 5.56 Å². The lowest BCUT2D eigenvalue weighted by molar-refractivity contribution is -0.145. The highest BCUT2D eigenvalue weighted by Gasteiger charge is 2.23. The molecule has 0 radical (unpaired) electrons. The van der Waals surface area contributed by atoms with Crippen LogP contribution in [0.4, 0.5) is 4.79 Å². The van der Waals surface area contributed by atoms with Gasteiger partial charge in [0.15, 0.2) is 5.78 Å². The molecule has 3 aromatic rings. The number of rotatable bonds is 14. The quantitative estimate of drug-likeness (QED) is 0.176. The number of aliphatic carboxylic acids is 2. The van der Waals surface area contributed by atoms with E-state index in [1.165, 1.54) is 0 Å². The lowest BCUT2D eigenvalue weighted by Crippen LogP contribution is -2.42. The van der Waals surface area contributed by atoms with Gasteiger partial charge in [-0.2, -0.15) is 0 Å². The first kappa shape index (κ1) is 35.8. The van der Waals surface area contributed by atoms with Crippen molar-refractivity contribution < 1.29 is 43.6 Å². The van der Waals surface area contributed by atoms with Crippen LogP contribution in [0.2, 0.25) is 20.1 Å². The summed E-state index contributed by atoms with van der Waals surface area (Å²) in [6.45, 7) is 0.0862. The van der Waals surface area contributed by atoms with E-state index in [1.54, 1.807) is 66.7 Å². The maximum Gasteiger partial charge on any atom is 0.408 e. The monoisotopic (exact) mass is 673 g/mol. The fourth-order valence-electron chi connectivity index (χ4n) is 3.20. The number of amides is 1. The number of benzene rings is 3. The molecule has 1 atom stereocenters. The first-order chi connectivity index (χ1) is 20.5. The first-order valence-electron chi connectivity index (χ1n) is 12.4. The summed E-state index contributed by atoms with van der Waals surface area (Å²) in [5.41, 5.74) is 2.04. The number of ketones is 1. The highest BCUT2D eigenvalue weighted by atomic mass is 35.5. The summed E-state index contributed by atoms with van der Waals surface area (Å²) in [5.74, 6) is -2.96. The zero-order chi connectivity index (χ0) is 31.8. The van der Waals surface area contributed by atoms with Crippen LogP contribution >= 0.6 is 46.4 Å². The van der Waals surface area contributed by atoms with E-state index in [2.05, 4.69) is 0 Å². The van der Waals surface area contributed by atoms with Crippen LogP contribution in [-0.4, -0.2) is 53.3 Å². The Morgan fingerprint density at radius 3 is 1.56 bits per heavy atom. The minimum atomic E-state index is -1.51. The molecule has 3 N–H and O–H groups in total. The summed E-state index contributed by atoms with van der Waals surface area (Å²) in [5, 5.41) is 21.2. The van der Waals surface area contributed by atoms with Crippen LogP contribution in [-0.2, 0) is 48.4 Å². The van der Waals surface area contributed by atoms with Gasteiger partial charge in [0.25, 0.3) is 0 Å². The second-order valence-corrected chi connectivity index (χ2v) is 10.2. The molecule has 230 valence electrons. The van der Waals surface area contributed by atoms with E-state index >= 15 is 0 Å². The van der Waals surface area contributed by atoms with E-state index in [9.17, 15) is 19.2 Å². The van der Waals surface area contributed by atoms with Crippen LogP contribution < -0.4 is 5.32 Å². The Balaban J connectivity index is 0.000000309. The molecular formula is C29H27Cl4NO9. The Labute approximate surface area is 267 Å². The fourth-order valence-corrected chi connectivity index (χ4v) is 4.21. The summed E-state index contributed by atoms with van der Waals surface area (Å²) in [6, 6.07) is 17.6. The SMILES string of the molecule is O=C(COCc1c(Cl)cccc1Cl)COCc1c(Cl)cccc1Cl.O=C(O)C[C@H](NC(=O)OCc1ccccc1)C(=O)O. The average molecular weight is 675 g/mol. The molecule has 3 rings (SSSR count).